The number of carbonyl (C=O) groups excluding carboxylic acids is 1. The molecule has 0 aromatic heterocycles. The van der Waals surface area contributed by atoms with Crippen LogP contribution in [0.5, 0.6) is 5.75 Å². The Balaban J connectivity index is 1.79. The van der Waals surface area contributed by atoms with E-state index in [4.69, 9.17) is 4.74 Å². The highest BCUT2D eigenvalue weighted by Gasteiger charge is 2.54. The van der Waals surface area contributed by atoms with Crippen molar-refractivity contribution in [3.63, 3.8) is 0 Å². The van der Waals surface area contributed by atoms with E-state index < -0.39 is 0 Å². The van der Waals surface area contributed by atoms with Gasteiger partial charge in [0, 0.05) is 11.5 Å². The highest BCUT2D eigenvalue weighted by molar-refractivity contribution is 6.24. The Bertz CT molecular complexity index is 602. The van der Waals surface area contributed by atoms with Crippen molar-refractivity contribution >= 4 is 11.4 Å². The molecule has 3 aliphatic rings. The molecule has 2 fully saturated rings. The van der Waals surface area contributed by atoms with Crippen LogP contribution in [-0.4, -0.2) is 23.1 Å². The first-order valence-electron chi connectivity index (χ1n) is 6.86. The quantitative estimate of drug-likeness (QED) is 0.839. The van der Waals surface area contributed by atoms with Crippen LogP contribution in [0.4, 0.5) is 0 Å². The molecule has 2 saturated heterocycles. The van der Waals surface area contributed by atoms with Gasteiger partial charge in [0.25, 0.3) is 0 Å². The average molecular weight is 256 g/mol. The summed E-state index contributed by atoms with van der Waals surface area (Å²) in [7, 11) is 0. The summed E-state index contributed by atoms with van der Waals surface area (Å²) in [5.74, 6) is 0.690. The van der Waals surface area contributed by atoms with Crippen molar-refractivity contribution in [3.8, 4) is 5.75 Å². The predicted octanol–water partition coefficient (Wildman–Crippen LogP) is 2.46. The van der Waals surface area contributed by atoms with Crippen molar-refractivity contribution in [3.05, 3.63) is 35.4 Å². The Morgan fingerprint density at radius 2 is 2.05 bits per heavy atom. The van der Waals surface area contributed by atoms with Crippen molar-refractivity contribution in [1.29, 1.82) is 0 Å². The van der Waals surface area contributed by atoms with Gasteiger partial charge in [0.05, 0.1) is 18.1 Å². The van der Waals surface area contributed by atoms with Crippen LogP contribution in [-0.2, 0) is 9.53 Å². The van der Waals surface area contributed by atoms with E-state index in [2.05, 4.69) is 6.08 Å². The Morgan fingerprint density at radius 1 is 1.26 bits per heavy atom. The van der Waals surface area contributed by atoms with Crippen molar-refractivity contribution in [2.24, 2.45) is 11.8 Å². The number of aromatic hydroxyl groups is 1. The Labute approximate surface area is 111 Å². The second-order valence-electron chi connectivity index (χ2n) is 5.84. The van der Waals surface area contributed by atoms with Gasteiger partial charge in [-0.1, -0.05) is 12.1 Å². The minimum atomic E-state index is 0.0236. The third kappa shape index (κ3) is 1.45. The molecule has 1 N–H and O–H groups in total. The van der Waals surface area contributed by atoms with Gasteiger partial charge in [-0.2, -0.15) is 0 Å². The number of rotatable bonds is 1. The molecule has 1 aromatic carbocycles. The van der Waals surface area contributed by atoms with E-state index in [1.807, 2.05) is 13.0 Å². The van der Waals surface area contributed by atoms with Crippen molar-refractivity contribution in [2.75, 3.05) is 0 Å². The number of ether oxygens (including phenoxy) is 1. The van der Waals surface area contributed by atoms with E-state index in [9.17, 15) is 9.90 Å². The minimum absolute atomic E-state index is 0.0236. The van der Waals surface area contributed by atoms with Crippen LogP contribution in [0.2, 0.25) is 0 Å². The summed E-state index contributed by atoms with van der Waals surface area (Å²) in [6.07, 6.45) is 4.51. The number of phenols is 1. The molecule has 0 spiro atoms. The molecular weight excluding hydrogens is 240 g/mol. The number of hydrogen-bond donors (Lipinski definition) is 1. The molecule has 3 heteroatoms. The lowest BCUT2D eigenvalue weighted by Gasteiger charge is -2.18. The lowest BCUT2D eigenvalue weighted by Crippen LogP contribution is -2.28. The summed E-state index contributed by atoms with van der Waals surface area (Å²) >= 11 is 0. The summed E-state index contributed by atoms with van der Waals surface area (Å²) in [5, 5.41) is 9.64. The SMILES string of the molecule is Cc1ccc(O)cc1C1=CC2C3CCC(O3)C2C1=O. The maximum absolute atomic E-state index is 12.6. The molecule has 4 unspecified atom stereocenters. The monoisotopic (exact) mass is 256 g/mol. The first-order valence-corrected chi connectivity index (χ1v) is 6.86. The number of benzene rings is 1. The average Bonchev–Trinajstić information content (AvgIpc) is 3.05. The van der Waals surface area contributed by atoms with E-state index >= 15 is 0 Å². The van der Waals surface area contributed by atoms with Crippen molar-refractivity contribution in [1.82, 2.24) is 0 Å². The lowest BCUT2D eigenvalue weighted by molar-refractivity contribution is -0.118. The molecule has 0 radical (unpaired) electrons. The fourth-order valence-corrected chi connectivity index (χ4v) is 3.85. The number of allylic oxidation sites excluding steroid dienone is 1. The van der Waals surface area contributed by atoms with E-state index in [1.54, 1.807) is 12.1 Å². The number of carbonyl (C=O) groups is 1. The molecular formula is C16H16O3. The first kappa shape index (κ1) is 11.2. The van der Waals surface area contributed by atoms with Crippen LogP contribution >= 0.6 is 0 Å². The van der Waals surface area contributed by atoms with Gasteiger partial charge in [0.2, 0.25) is 0 Å². The second-order valence-corrected chi connectivity index (χ2v) is 5.84. The van der Waals surface area contributed by atoms with E-state index in [1.165, 1.54) is 0 Å². The molecule has 4 atom stereocenters. The van der Waals surface area contributed by atoms with Crippen LogP contribution in [0, 0.1) is 18.8 Å². The Kier molecular flexibility index (Phi) is 2.19. The molecule has 2 heterocycles. The minimum Gasteiger partial charge on any atom is -0.508 e. The molecule has 1 aliphatic carbocycles. The third-order valence-electron chi connectivity index (χ3n) is 4.77. The zero-order chi connectivity index (χ0) is 13.1. The number of hydrogen-bond acceptors (Lipinski definition) is 3. The number of aryl methyl sites for hydroxylation is 1. The van der Waals surface area contributed by atoms with Crippen LogP contribution in [0.25, 0.3) is 5.57 Å². The summed E-state index contributed by atoms with van der Waals surface area (Å²) in [6.45, 7) is 1.97. The summed E-state index contributed by atoms with van der Waals surface area (Å²) in [4.78, 5) is 12.6. The summed E-state index contributed by atoms with van der Waals surface area (Å²) < 4.78 is 5.83. The first-order chi connectivity index (χ1) is 9.15. The summed E-state index contributed by atoms with van der Waals surface area (Å²) in [5.41, 5.74) is 2.69. The Morgan fingerprint density at radius 3 is 2.84 bits per heavy atom. The van der Waals surface area contributed by atoms with Gasteiger partial charge in [0.1, 0.15) is 5.75 Å². The maximum atomic E-state index is 12.6. The zero-order valence-corrected chi connectivity index (χ0v) is 10.8. The smallest absolute Gasteiger partial charge is 0.169 e. The van der Waals surface area contributed by atoms with Gasteiger partial charge in [-0.3, -0.25) is 4.79 Å². The van der Waals surface area contributed by atoms with Crippen molar-refractivity contribution < 1.29 is 14.6 Å². The van der Waals surface area contributed by atoms with Gasteiger partial charge in [-0.25, -0.2) is 0 Å². The molecule has 1 aromatic rings. The second kappa shape index (κ2) is 3.70. The van der Waals surface area contributed by atoms with Gasteiger partial charge in [-0.15, -0.1) is 0 Å². The number of ketones is 1. The fraction of sp³-hybridized carbons (Fsp3) is 0.438. The van der Waals surface area contributed by atoms with Crippen LogP contribution in [0.1, 0.15) is 24.0 Å². The van der Waals surface area contributed by atoms with Crippen LogP contribution < -0.4 is 0 Å². The molecule has 4 rings (SSSR count). The van der Waals surface area contributed by atoms with Crippen LogP contribution in [0.15, 0.2) is 24.3 Å². The number of phenolic OH excluding ortho intramolecular Hbond substituents is 1. The Hall–Kier alpha value is -1.61. The van der Waals surface area contributed by atoms with E-state index in [0.717, 1.165) is 29.5 Å². The topological polar surface area (TPSA) is 46.5 Å². The van der Waals surface area contributed by atoms with Crippen LogP contribution in [0.3, 0.4) is 0 Å². The summed E-state index contributed by atoms with van der Waals surface area (Å²) in [6, 6.07) is 5.22. The predicted molar refractivity (Wildman–Crippen MR) is 70.7 cm³/mol. The number of Topliss-reactive ketones (excluding diaryl/α,β-unsaturated/α-hetero) is 1. The highest BCUT2D eigenvalue weighted by atomic mass is 16.5. The third-order valence-corrected chi connectivity index (χ3v) is 4.77. The largest absolute Gasteiger partial charge is 0.508 e. The van der Waals surface area contributed by atoms with Crippen molar-refractivity contribution in [2.45, 2.75) is 32.0 Å². The lowest BCUT2D eigenvalue weighted by atomic mass is 9.81. The molecule has 2 bridgehead atoms. The molecule has 19 heavy (non-hydrogen) atoms. The normalized spacial score (nSPS) is 35.6. The standard InChI is InChI=1S/C16H16O3/c1-8-2-3-9(17)6-10(8)11-7-12-13-4-5-14(19-13)15(12)16(11)18/h2-3,6-7,12-15,17H,4-5H2,1H3. The zero-order valence-electron chi connectivity index (χ0n) is 10.8. The van der Waals surface area contributed by atoms with Gasteiger partial charge >= 0.3 is 0 Å². The van der Waals surface area contributed by atoms with Gasteiger partial charge < -0.3 is 9.84 Å². The molecule has 2 aliphatic heterocycles. The van der Waals surface area contributed by atoms with E-state index in [0.29, 0.717) is 0 Å². The molecule has 0 saturated carbocycles. The maximum Gasteiger partial charge on any atom is 0.169 e. The number of fused-ring (bicyclic) bond motifs is 5. The highest BCUT2D eigenvalue weighted by Crippen LogP contribution is 2.51. The van der Waals surface area contributed by atoms with E-state index in [-0.39, 0.29) is 35.6 Å². The molecule has 0 amide bonds. The fourth-order valence-electron chi connectivity index (χ4n) is 3.85. The molecule has 3 nitrogen and oxygen atoms in total. The van der Waals surface area contributed by atoms with Gasteiger partial charge in [-0.05, 0) is 43.0 Å². The van der Waals surface area contributed by atoms with Gasteiger partial charge in [0.15, 0.2) is 5.78 Å². The molecule has 98 valence electrons.